The van der Waals surface area contributed by atoms with Gasteiger partial charge < -0.3 is 20.1 Å². The van der Waals surface area contributed by atoms with Gasteiger partial charge in [-0.3, -0.25) is 0 Å². The maximum Gasteiger partial charge on any atom is 0.337 e. The van der Waals surface area contributed by atoms with Crippen molar-refractivity contribution in [1.29, 1.82) is 0 Å². The summed E-state index contributed by atoms with van der Waals surface area (Å²) in [4.78, 5) is 17.7. The topological polar surface area (TPSA) is 77.1 Å². The molecule has 1 aromatic carbocycles. The van der Waals surface area contributed by atoms with Gasteiger partial charge in [0.15, 0.2) is 5.96 Å². The molecule has 0 atom stereocenters. The van der Waals surface area contributed by atoms with Crippen molar-refractivity contribution in [3.8, 4) is 0 Å². The molecule has 0 aliphatic carbocycles. The van der Waals surface area contributed by atoms with E-state index in [1.165, 1.54) is 7.11 Å². The van der Waals surface area contributed by atoms with Crippen LogP contribution >= 0.6 is 24.0 Å². The van der Waals surface area contributed by atoms with Crippen LogP contribution in [-0.2, 0) is 16.0 Å². The number of methoxy groups -OCH3 is 1. The van der Waals surface area contributed by atoms with Crippen LogP contribution in [0.1, 0.15) is 15.9 Å². The van der Waals surface area contributed by atoms with Gasteiger partial charge in [-0.15, -0.1) is 24.0 Å². The molecule has 0 spiro atoms. The number of morpholine rings is 1. The lowest BCUT2D eigenvalue weighted by atomic mass is 10.1. The van der Waals surface area contributed by atoms with E-state index < -0.39 is 0 Å². The Balaban J connectivity index is 0.00000220. The van der Waals surface area contributed by atoms with E-state index >= 15 is 0 Å². The Morgan fingerprint density at radius 2 is 1.95 bits per heavy atom. The lowest BCUT2D eigenvalue weighted by Crippen LogP contribution is -2.44. The first-order valence-corrected chi connectivity index (χ1v) is 6.50. The lowest BCUT2D eigenvalue weighted by Gasteiger charge is -2.27. The van der Waals surface area contributed by atoms with Gasteiger partial charge in [-0.1, -0.05) is 12.1 Å². The molecule has 1 aromatic rings. The first kappa shape index (κ1) is 17.7. The van der Waals surface area contributed by atoms with Crippen molar-refractivity contribution in [3.05, 3.63) is 35.4 Å². The average Bonchev–Trinajstić information content (AvgIpc) is 2.53. The van der Waals surface area contributed by atoms with Crippen LogP contribution in [0.15, 0.2) is 29.3 Å². The Kier molecular flexibility index (Phi) is 7.44. The number of ether oxygens (including phenoxy) is 2. The number of benzene rings is 1. The first-order valence-electron chi connectivity index (χ1n) is 6.50. The van der Waals surface area contributed by atoms with Gasteiger partial charge in [-0.2, -0.15) is 0 Å². The molecular weight excluding hydrogens is 385 g/mol. The van der Waals surface area contributed by atoms with Crippen LogP contribution in [0.4, 0.5) is 0 Å². The minimum Gasteiger partial charge on any atom is -0.465 e. The molecular formula is C14H20IN3O3. The second-order valence-electron chi connectivity index (χ2n) is 4.46. The summed E-state index contributed by atoms with van der Waals surface area (Å²) < 4.78 is 9.91. The number of halogens is 1. The molecule has 7 heteroatoms. The Labute approximate surface area is 141 Å². The summed E-state index contributed by atoms with van der Waals surface area (Å²) in [6.07, 6.45) is 0. The van der Waals surface area contributed by atoms with Crippen LogP contribution in [-0.4, -0.2) is 50.2 Å². The van der Waals surface area contributed by atoms with Crippen LogP contribution in [0.25, 0.3) is 0 Å². The molecule has 0 amide bonds. The number of nitrogens with zero attached hydrogens (tertiary/aromatic N) is 2. The predicted molar refractivity (Wildman–Crippen MR) is 90.9 cm³/mol. The molecule has 1 aliphatic heterocycles. The van der Waals surface area contributed by atoms with E-state index in [9.17, 15) is 4.79 Å². The fraction of sp³-hybridized carbons (Fsp3) is 0.429. The van der Waals surface area contributed by atoms with Crippen molar-refractivity contribution < 1.29 is 14.3 Å². The minimum absolute atomic E-state index is 0. The van der Waals surface area contributed by atoms with Crippen LogP contribution < -0.4 is 5.73 Å². The smallest absolute Gasteiger partial charge is 0.337 e. The quantitative estimate of drug-likeness (QED) is 0.355. The molecule has 1 fully saturated rings. The molecule has 2 rings (SSSR count). The maximum atomic E-state index is 11.3. The third-order valence-electron chi connectivity index (χ3n) is 3.13. The molecule has 21 heavy (non-hydrogen) atoms. The maximum absolute atomic E-state index is 11.3. The molecule has 1 saturated heterocycles. The zero-order chi connectivity index (χ0) is 14.4. The van der Waals surface area contributed by atoms with Crippen LogP contribution in [0, 0.1) is 0 Å². The fourth-order valence-electron chi connectivity index (χ4n) is 1.93. The summed E-state index contributed by atoms with van der Waals surface area (Å²) >= 11 is 0. The summed E-state index contributed by atoms with van der Waals surface area (Å²) in [6, 6.07) is 7.15. The number of nitrogens with two attached hydrogens (primary N) is 1. The first-order chi connectivity index (χ1) is 9.70. The van der Waals surface area contributed by atoms with Gasteiger partial charge in [0.1, 0.15) is 0 Å². The van der Waals surface area contributed by atoms with Crippen LogP contribution in [0.2, 0.25) is 0 Å². The van der Waals surface area contributed by atoms with Crippen LogP contribution in [0.5, 0.6) is 0 Å². The zero-order valence-corrected chi connectivity index (χ0v) is 14.3. The second kappa shape index (κ2) is 8.83. The van der Waals surface area contributed by atoms with Crippen molar-refractivity contribution in [2.75, 3.05) is 33.4 Å². The van der Waals surface area contributed by atoms with Crippen molar-refractivity contribution in [2.24, 2.45) is 10.7 Å². The van der Waals surface area contributed by atoms with Crippen molar-refractivity contribution in [3.63, 3.8) is 0 Å². The molecule has 0 bridgehead atoms. The molecule has 0 unspecified atom stereocenters. The van der Waals surface area contributed by atoms with Gasteiger partial charge in [0.05, 0.1) is 32.4 Å². The average molecular weight is 405 g/mol. The van der Waals surface area contributed by atoms with Gasteiger partial charge in [0.2, 0.25) is 0 Å². The standard InChI is InChI=1S/C14H19N3O3.HI/c1-19-13(18)12-4-2-11(3-5-12)10-16-14(15)17-6-8-20-9-7-17;/h2-5H,6-10H2,1H3,(H2,15,16);1H. The highest BCUT2D eigenvalue weighted by Crippen LogP contribution is 2.07. The highest BCUT2D eigenvalue weighted by Gasteiger charge is 2.11. The summed E-state index contributed by atoms with van der Waals surface area (Å²) in [6.45, 7) is 3.41. The highest BCUT2D eigenvalue weighted by molar-refractivity contribution is 14.0. The van der Waals surface area contributed by atoms with Gasteiger partial charge in [0.25, 0.3) is 0 Å². The van der Waals surface area contributed by atoms with E-state index in [4.69, 9.17) is 10.5 Å². The van der Waals surface area contributed by atoms with E-state index in [2.05, 4.69) is 9.73 Å². The van der Waals surface area contributed by atoms with E-state index in [0.29, 0.717) is 31.3 Å². The number of carbonyl (C=O) groups excluding carboxylic acids is 1. The summed E-state index contributed by atoms with van der Waals surface area (Å²) in [5.74, 6) is 0.193. The Morgan fingerprint density at radius 3 is 2.52 bits per heavy atom. The number of carbonyl (C=O) groups is 1. The molecule has 1 aliphatic rings. The summed E-state index contributed by atoms with van der Waals surface area (Å²) in [7, 11) is 1.36. The molecule has 2 N–H and O–H groups in total. The van der Waals surface area contributed by atoms with Crippen LogP contribution in [0.3, 0.4) is 0 Å². The number of hydrogen-bond acceptors (Lipinski definition) is 4. The highest BCUT2D eigenvalue weighted by atomic mass is 127. The number of hydrogen-bond donors (Lipinski definition) is 1. The van der Waals surface area contributed by atoms with E-state index in [1.807, 2.05) is 17.0 Å². The molecule has 0 saturated carbocycles. The Hall–Kier alpha value is -1.35. The molecule has 6 nitrogen and oxygen atoms in total. The normalized spacial score (nSPS) is 15.3. The van der Waals surface area contributed by atoms with Crippen molar-refractivity contribution in [2.45, 2.75) is 6.54 Å². The van der Waals surface area contributed by atoms with E-state index in [-0.39, 0.29) is 29.9 Å². The third kappa shape index (κ3) is 5.16. The van der Waals surface area contributed by atoms with Gasteiger partial charge >= 0.3 is 5.97 Å². The van der Waals surface area contributed by atoms with Gasteiger partial charge in [-0.25, -0.2) is 9.79 Å². The van der Waals surface area contributed by atoms with Gasteiger partial charge in [0, 0.05) is 13.1 Å². The van der Waals surface area contributed by atoms with E-state index in [0.717, 1.165) is 18.7 Å². The molecule has 116 valence electrons. The third-order valence-corrected chi connectivity index (χ3v) is 3.13. The summed E-state index contributed by atoms with van der Waals surface area (Å²) in [5.41, 5.74) is 7.47. The molecule has 0 radical (unpaired) electrons. The monoisotopic (exact) mass is 405 g/mol. The molecule has 0 aromatic heterocycles. The number of guanidine groups is 1. The largest absolute Gasteiger partial charge is 0.465 e. The SMILES string of the molecule is COC(=O)c1ccc(CN=C(N)N2CCOCC2)cc1.I. The zero-order valence-electron chi connectivity index (χ0n) is 11.9. The second-order valence-corrected chi connectivity index (χ2v) is 4.46. The minimum atomic E-state index is -0.340. The number of aliphatic imine (C=N–C) groups is 1. The lowest BCUT2D eigenvalue weighted by molar-refractivity contribution is 0.0600. The fourth-order valence-corrected chi connectivity index (χ4v) is 1.93. The Bertz CT molecular complexity index is 485. The number of esters is 1. The Morgan fingerprint density at radius 1 is 1.33 bits per heavy atom. The number of rotatable bonds is 3. The van der Waals surface area contributed by atoms with Crippen molar-refractivity contribution in [1.82, 2.24) is 4.90 Å². The van der Waals surface area contributed by atoms with E-state index in [1.54, 1.807) is 12.1 Å². The van der Waals surface area contributed by atoms with Crippen molar-refractivity contribution >= 4 is 35.9 Å². The summed E-state index contributed by atoms with van der Waals surface area (Å²) in [5, 5.41) is 0. The van der Waals surface area contributed by atoms with Gasteiger partial charge in [-0.05, 0) is 17.7 Å². The molecule has 1 heterocycles. The predicted octanol–water partition coefficient (Wildman–Crippen LogP) is 1.24.